The lowest BCUT2D eigenvalue weighted by Gasteiger charge is -2.35. The molecule has 12 heteroatoms. The van der Waals surface area contributed by atoms with Crippen LogP contribution in [0.3, 0.4) is 0 Å². The number of piperazine rings is 1. The summed E-state index contributed by atoms with van der Waals surface area (Å²) in [5, 5.41) is 1.85. The van der Waals surface area contributed by atoms with Crippen molar-refractivity contribution in [1.82, 2.24) is 9.88 Å². The molecule has 0 atom stereocenters. The van der Waals surface area contributed by atoms with Crippen molar-refractivity contribution in [3.8, 4) is 0 Å². The molecule has 0 radical (unpaired) electrons. The zero-order valence-electron chi connectivity index (χ0n) is 15.8. The van der Waals surface area contributed by atoms with E-state index in [1.54, 1.807) is 24.4 Å². The molecular formula is C19H16F6N4O2. The molecule has 3 rings (SSSR count). The number of rotatable bonds is 2. The highest BCUT2D eigenvalue weighted by Crippen LogP contribution is 2.37. The first-order valence-corrected chi connectivity index (χ1v) is 9.01. The minimum atomic E-state index is -5.06. The number of benzene rings is 1. The van der Waals surface area contributed by atoms with Crippen molar-refractivity contribution in [2.75, 3.05) is 36.4 Å². The second-order valence-electron chi connectivity index (χ2n) is 6.72. The summed E-state index contributed by atoms with van der Waals surface area (Å²) in [4.78, 5) is 31.8. The summed E-state index contributed by atoms with van der Waals surface area (Å²) in [5.74, 6) is -1.69. The Hall–Kier alpha value is -3.31. The minimum absolute atomic E-state index is 0.0612. The molecule has 31 heavy (non-hydrogen) atoms. The summed E-state index contributed by atoms with van der Waals surface area (Å²) in [6.45, 7) is 0.994. The summed E-state index contributed by atoms with van der Waals surface area (Å²) in [5.41, 5.74) is -3.95. The summed E-state index contributed by atoms with van der Waals surface area (Å²) < 4.78 is 77.6. The van der Waals surface area contributed by atoms with Gasteiger partial charge >= 0.3 is 24.2 Å². The molecule has 0 bridgehead atoms. The van der Waals surface area contributed by atoms with E-state index in [0.717, 1.165) is 0 Å². The Bertz CT molecular complexity index is 922. The van der Waals surface area contributed by atoms with Crippen molar-refractivity contribution in [2.45, 2.75) is 12.4 Å². The Morgan fingerprint density at radius 3 is 1.94 bits per heavy atom. The number of amides is 2. The van der Waals surface area contributed by atoms with Crippen molar-refractivity contribution in [3.63, 3.8) is 0 Å². The zero-order chi connectivity index (χ0) is 22.8. The van der Waals surface area contributed by atoms with Gasteiger partial charge in [0.05, 0.1) is 11.1 Å². The Labute approximate surface area is 172 Å². The van der Waals surface area contributed by atoms with Crippen LogP contribution in [0.2, 0.25) is 0 Å². The molecular weight excluding hydrogens is 430 g/mol. The number of anilines is 2. The fourth-order valence-electron chi connectivity index (χ4n) is 3.03. The quantitative estimate of drug-likeness (QED) is 0.568. The van der Waals surface area contributed by atoms with Crippen LogP contribution in [-0.4, -0.2) is 47.9 Å². The van der Waals surface area contributed by atoms with E-state index in [9.17, 15) is 35.9 Å². The van der Waals surface area contributed by atoms with Gasteiger partial charge in [0.1, 0.15) is 5.82 Å². The number of carbonyl (C=O) groups is 2. The lowest BCUT2D eigenvalue weighted by molar-refractivity contribution is -0.143. The molecule has 0 saturated carbocycles. The van der Waals surface area contributed by atoms with Gasteiger partial charge in [0, 0.05) is 38.1 Å². The molecule has 2 amide bonds. The van der Waals surface area contributed by atoms with E-state index < -0.39 is 41.0 Å². The number of halogens is 6. The van der Waals surface area contributed by atoms with Crippen molar-refractivity contribution >= 4 is 23.3 Å². The van der Waals surface area contributed by atoms with Crippen LogP contribution in [0.15, 0.2) is 42.6 Å². The molecule has 0 unspecified atom stereocenters. The van der Waals surface area contributed by atoms with E-state index in [4.69, 9.17) is 0 Å². The van der Waals surface area contributed by atoms with Gasteiger partial charge in [0.25, 0.3) is 0 Å². The molecule has 1 aromatic carbocycles. The summed E-state index contributed by atoms with van der Waals surface area (Å²) in [7, 11) is 0. The molecule has 1 aliphatic heterocycles. The van der Waals surface area contributed by atoms with Crippen LogP contribution in [-0.2, 0) is 21.9 Å². The zero-order valence-corrected chi connectivity index (χ0v) is 15.8. The summed E-state index contributed by atoms with van der Waals surface area (Å²) >= 11 is 0. The normalized spacial score (nSPS) is 15.0. The third kappa shape index (κ3) is 5.44. The van der Waals surface area contributed by atoms with E-state index in [-0.39, 0.29) is 19.2 Å². The monoisotopic (exact) mass is 446 g/mol. The van der Waals surface area contributed by atoms with Crippen molar-refractivity contribution in [2.24, 2.45) is 0 Å². The topological polar surface area (TPSA) is 65.5 Å². The van der Waals surface area contributed by atoms with Crippen molar-refractivity contribution in [3.05, 3.63) is 53.7 Å². The van der Waals surface area contributed by atoms with Crippen LogP contribution in [0.5, 0.6) is 0 Å². The lowest BCUT2D eigenvalue weighted by atomic mass is 10.1. The molecule has 1 N–H and O–H groups in total. The van der Waals surface area contributed by atoms with E-state index in [2.05, 4.69) is 4.98 Å². The van der Waals surface area contributed by atoms with Gasteiger partial charge in [-0.15, -0.1) is 0 Å². The Kier molecular flexibility index (Phi) is 6.09. The van der Waals surface area contributed by atoms with E-state index in [1.807, 2.05) is 10.2 Å². The average molecular weight is 446 g/mol. The van der Waals surface area contributed by atoms with Gasteiger partial charge in [0.2, 0.25) is 0 Å². The maximum atomic E-state index is 12.9. The maximum absolute atomic E-state index is 12.9. The van der Waals surface area contributed by atoms with Crippen LogP contribution in [0, 0.1) is 0 Å². The number of alkyl halides is 6. The Balaban J connectivity index is 1.69. The predicted octanol–water partition coefficient (Wildman–Crippen LogP) is 3.41. The summed E-state index contributed by atoms with van der Waals surface area (Å²) in [6, 6.07) is 5.94. The van der Waals surface area contributed by atoms with Gasteiger partial charge in [-0.05, 0) is 30.3 Å². The second-order valence-corrected chi connectivity index (χ2v) is 6.72. The van der Waals surface area contributed by atoms with Gasteiger partial charge in [-0.3, -0.25) is 9.59 Å². The molecule has 1 saturated heterocycles. The smallest absolute Gasteiger partial charge is 0.353 e. The second kappa shape index (κ2) is 8.44. The SMILES string of the molecule is O=C(Nc1cc(C(F)(F)F)cc(C(F)(F)F)c1)C(=O)N1CCN(c2ccccn2)CC1. The molecule has 0 aliphatic carbocycles. The number of pyridine rings is 1. The van der Waals surface area contributed by atoms with Crippen LogP contribution in [0.4, 0.5) is 37.8 Å². The lowest BCUT2D eigenvalue weighted by Crippen LogP contribution is -2.51. The first-order chi connectivity index (χ1) is 14.4. The molecule has 166 valence electrons. The van der Waals surface area contributed by atoms with Crippen LogP contribution >= 0.6 is 0 Å². The van der Waals surface area contributed by atoms with E-state index in [1.165, 1.54) is 4.90 Å². The molecule has 1 fully saturated rings. The number of hydrogen-bond acceptors (Lipinski definition) is 4. The van der Waals surface area contributed by atoms with Gasteiger partial charge in [-0.2, -0.15) is 26.3 Å². The van der Waals surface area contributed by atoms with Gasteiger partial charge in [-0.1, -0.05) is 6.07 Å². The molecule has 2 aromatic rings. The van der Waals surface area contributed by atoms with E-state index in [0.29, 0.717) is 31.0 Å². The fourth-order valence-corrected chi connectivity index (χ4v) is 3.03. The molecule has 1 aliphatic rings. The third-order valence-corrected chi connectivity index (χ3v) is 4.58. The molecule has 1 aromatic heterocycles. The van der Waals surface area contributed by atoms with Gasteiger partial charge in [-0.25, -0.2) is 4.98 Å². The molecule has 6 nitrogen and oxygen atoms in total. The van der Waals surface area contributed by atoms with Gasteiger partial charge < -0.3 is 15.1 Å². The molecule has 2 heterocycles. The highest BCUT2D eigenvalue weighted by atomic mass is 19.4. The fraction of sp³-hybridized carbons (Fsp3) is 0.316. The van der Waals surface area contributed by atoms with Crippen molar-refractivity contribution in [1.29, 1.82) is 0 Å². The first-order valence-electron chi connectivity index (χ1n) is 9.01. The number of nitrogens with zero attached hydrogens (tertiary/aromatic N) is 3. The standard InChI is InChI=1S/C19H16F6N4O2/c20-18(21,22)12-9-13(19(23,24)25)11-14(10-12)27-16(30)17(31)29-7-5-28(6-8-29)15-3-1-2-4-26-15/h1-4,9-11H,5-8H2,(H,27,30). The first kappa shape index (κ1) is 22.4. The minimum Gasteiger partial charge on any atom is -0.353 e. The maximum Gasteiger partial charge on any atom is 0.416 e. The third-order valence-electron chi connectivity index (χ3n) is 4.58. The van der Waals surface area contributed by atoms with Crippen LogP contribution < -0.4 is 10.2 Å². The Morgan fingerprint density at radius 1 is 0.871 bits per heavy atom. The number of hydrogen-bond donors (Lipinski definition) is 1. The highest BCUT2D eigenvalue weighted by Gasteiger charge is 2.37. The predicted molar refractivity (Wildman–Crippen MR) is 98.1 cm³/mol. The Morgan fingerprint density at radius 2 is 1.45 bits per heavy atom. The number of nitrogens with one attached hydrogen (secondary N) is 1. The summed E-state index contributed by atoms with van der Waals surface area (Å²) in [6.07, 6.45) is -8.52. The van der Waals surface area contributed by atoms with Crippen LogP contribution in [0.25, 0.3) is 0 Å². The average Bonchev–Trinajstić information content (AvgIpc) is 2.72. The largest absolute Gasteiger partial charge is 0.416 e. The van der Waals surface area contributed by atoms with Crippen LogP contribution in [0.1, 0.15) is 11.1 Å². The number of carbonyl (C=O) groups excluding carboxylic acids is 2. The molecule has 0 spiro atoms. The number of aromatic nitrogens is 1. The van der Waals surface area contributed by atoms with Crippen molar-refractivity contribution < 1.29 is 35.9 Å². The highest BCUT2D eigenvalue weighted by molar-refractivity contribution is 6.39. The van der Waals surface area contributed by atoms with E-state index >= 15 is 0 Å². The van der Waals surface area contributed by atoms with Gasteiger partial charge in [0.15, 0.2) is 0 Å².